The number of likely N-dealkylation sites (N-methyl/N-ethyl adjacent to an activating group) is 1. The van der Waals surface area contributed by atoms with Crippen molar-refractivity contribution in [2.75, 3.05) is 14.2 Å². The van der Waals surface area contributed by atoms with E-state index in [2.05, 4.69) is 38.3 Å². The van der Waals surface area contributed by atoms with Gasteiger partial charge in [0.05, 0.1) is 29.8 Å². The van der Waals surface area contributed by atoms with Crippen LogP contribution in [0.3, 0.4) is 0 Å². The van der Waals surface area contributed by atoms with E-state index in [1.54, 1.807) is 7.11 Å². The van der Waals surface area contributed by atoms with Gasteiger partial charge in [0.25, 0.3) is 5.91 Å². The van der Waals surface area contributed by atoms with Gasteiger partial charge >= 0.3 is 0 Å². The summed E-state index contributed by atoms with van der Waals surface area (Å²) >= 11 is 6.83. The lowest BCUT2D eigenvalue weighted by molar-refractivity contribution is -0.212. The fourth-order valence-electron chi connectivity index (χ4n) is 8.36. The van der Waals surface area contributed by atoms with Crippen LogP contribution < -0.4 is 20.1 Å². The monoisotopic (exact) mass is 536 g/mol. The summed E-state index contributed by atoms with van der Waals surface area (Å²) in [5.74, 6) is 1.94. The summed E-state index contributed by atoms with van der Waals surface area (Å²) in [6.07, 6.45) is 3.37. The molecule has 4 aliphatic rings. The van der Waals surface area contributed by atoms with E-state index in [0.717, 1.165) is 41.7 Å². The van der Waals surface area contributed by atoms with Gasteiger partial charge in [0.15, 0.2) is 5.78 Å². The molecule has 1 spiro atoms. The van der Waals surface area contributed by atoms with Crippen molar-refractivity contribution in [1.82, 2.24) is 10.6 Å². The Labute approximate surface area is 229 Å². The van der Waals surface area contributed by atoms with Gasteiger partial charge in [0.1, 0.15) is 17.1 Å². The molecule has 2 N–H and O–H groups in total. The first-order chi connectivity index (χ1) is 18.0. The molecule has 0 saturated heterocycles. The predicted octanol–water partition coefficient (Wildman–Crippen LogP) is 5.49. The highest BCUT2D eigenvalue weighted by atomic mass is 35.5. The van der Waals surface area contributed by atoms with Crippen molar-refractivity contribution in [2.45, 2.75) is 71.1 Å². The van der Waals surface area contributed by atoms with Crippen LogP contribution in [-0.2, 0) is 11.2 Å². The van der Waals surface area contributed by atoms with Gasteiger partial charge in [0.2, 0.25) is 0 Å². The summed E-state index contributed by atoms with van der Waals surface area (Å²) in [6, 6.07) is 8.93. The number of amides is 1. The maximum Gasteiger partial charge on any atom is 0.254 e. The fraction of sp³-hybridized carbons (Fsp3) is 0.548. The molecule has 2 aromatic rings. The first-order valence-electron chi connectivity index (χ1n) is 13.7. The van der Waals surface area contributed by atoms with E-state index in [1.807, 2.05) is 37.4 Å². The van der Waals surface area contributed by atoms with Gasteiger partial charge in [0, 0.05) is 34.3 Å². The van der Waals surface area contributed by atoms with E-state index in [0.29, 0.717) is 28.7 Å². The van der Waals surface area contributed by atoms with Crippen LogP contribution in [0.2, 0.25) is 5.02 Å². The summed E-state index contributed by atoms with van der Waals surface area (Å²) in [4.78, 5) is 26.9. The number of halogens is 1. The number of ketones is 1. The highest BCUT2D eigenvalue weighted by Gasteiger charge is 2.69. The lowest BCUT2D eigenvalue weighted by atomic mass is 9.43. The SMILES string of the molecule is CN[C@@H]1C[C@@]23Oc4c(cc(Cl)c5c4C(c4ccccc4OC)NC5=O)C[C@]2(C)[C@@H](C)CC[C@H]3C(C)(C)C1=O. The standard InChI is InChI=1S/C31H37ClN2O4/c1-16-11-12-22-29(2,3)27(35)20(33-5)15-31(22)30(16,4)14-17-13-19(32)23-24(26(17)38-31)25(34-28(23)36)18-9-7-8-10-21(18)37-6/h7-10,13,16,20,22,25,33H,11-12,14-15H2,1-6H3,(H,34,36)/t16-,20+,22-,25?,30+,31-/m0/s1. The molecular formula is C31H37ClN2O4. The van der Waals surface area contributed by atoms with E-state index < -0.39 is 17.1 Å². The second kappa shape index (κ2) is 8.46. The molecule has 7 heteroatoms. The van der Waals surface area contributed by atoms with E-state index in [4.69, 9.17) is 21.1 Å². The largest absolute Gasteiger partial charge is 0.496 e. The molecule has 2 heterocycles. The summed E-state index contributed by atoms with van der Waals surface area (Å²) in [6.45, 7) is 8.85. The van der Waals surface area contributed by atoms with Crippen LogP contribution in [0.4, 0.5) is 0 Å². The van der Waals surface area contributed by atoms with Gasteiger partial charge in [-0.05, 0) is 49.9 Å². The zero-order chi connectivity index (χ0) is 27.2. The molecule has 2 saturated carbocycles. The second-order valence-corrected chi connectivity index (χ2v) is 12.9. The van der Waals surface area contributed by atoms with Crippen molar-refractivity contribution >= 4 is 23.3 Å². The number of Topliss-reactive ketones (excluding diaryl/α,β-unsaturated/α-hetero) is 1. The molecule has 2 fully saturated rings. The maximum atomic E-state index is 13.6. The number of methoxy groups -OCH3 is 1. The molecule has 0 bridgehead atoms. The van der Waals surface area contributed by atoms with Crippen LogP contribution in [0.25, 0.3) is 0 Å². The zero-order valence-electron chi connectivity index (χ0n) is 23.0. The number of fused-ring (bicyclic) bond motifs is 3. The van der Waals surface area contributed by atoms with Crippen molar-refractivity contribution in [3.05, 3.63) is 57.6 Å². The minimum absolute atomic E-state index is 0.0579. The highest BCUT2D eigenvalue weighted by Crippen LogP contribution is 2.66. The fourth-order valence-corrected chi connectivity index (χ4v) is 8.68. The number of hydrogen-bond acceptors (Lipinski definition) is 5. The van der Waals surface area contributed by atoms with Gasteiger partial charge in [-0.1, -0.05) is 57.5 Å². The summed E-state index contributed by atoms with van der Waals surface area (Å²) in [5.41, 5.74) is 1.83. The third kappa shape index (κ3) is 3.16. The van der Waals surface area contributed by atoms with Crippen molar-refractivity contribution in [3.8, 4) is 11.5 Å². The van der Waals surface area contributed by atoms with Crippen LogP contribution in [0, 0.1) is 22.7 Å². The minimum atomic E-state index is -0.568. The van der Waals surface area contributed by atoms with Gasteiger partial charge < -0.3 is 20.1 Å². The van der Waals surface area contributed by atoms with Gasteiger partial charge in [-0.2, -0.15) is 0 Å². The Kier molecular flexibility index (Phi) is 5.72. The van der Waals surface area contributed by atoms with E-state index >= 15 is 0 Å². The highest BCUT2D eigenvalue weighted by molar-refractivity contribution is 6.34. The average molecular weight is 537 g/mol. The van der Waals surface area contributed by atoms with Crippen molar-refractivity contribution in [3.63, 3.8) is 0 Å². The number of para-hydroxylation sites is 1. The molecule has 2 aliphatic carbocycles. The lowest BCUT2D eigenvalue weighted by Gasteiger charge is -2.66. The molecule has 202 valence electrons. The summed E-state index contributed by atoms with van der Waals surface area (Å²) in [7, 11) is 3.51. The number of benzene rings is 2. The molecule has 6 atom stereocenters. The number of hydrogen-bond donors (Lipinski definition) is 2. The number of carbonyl (C=O) groups excluding carboxylic acids is 2. The van der Waals surface area contributed by atoms with Crippen LogP contribution in [-0.4, -0.2) is 37.5 Å². The van der Waals surface area contributed by atoms with Crippen molar-refractivity contribution in [2.24, 2.45) is 22.7 Å². The molecule has 1 amide bonds. The van der Waals surface area contributed by atoms with E-state index in [9.17, 15) is 9.59 Å². The number of carbonyl (C=O) groups is 2. The maximum absolute atomic E-state index is 13.6. The third-order valence-corrected chi connectivity index (χ3v) is 10.9. The lowest BCUT2D eigenvalue weighted by Crippen LogP contribution is -2.73. The Morgan fingerprint density at radius 3 is 2.61 bits per heavy atom. The molecule has 2 aromatic carbocycles. The van der Waals surface area contributed by atoms with Gasteiger partial charge in [-0.25, -0.2) is 0 Å². The smallest absolute Gasteiger partial charge is 0.254 e. The number of ether oxygens (including phenoxy) is 2. The Bertz CT molecular complexity index is 1360. The topological polar surface area (TPSA) is 76.7 Å². The van der Waals surface area contributed by atoms with Crippen molar-refractivity contribution in [1.29, 1.82) is 0 Å². The van der Waals surface area contributed by atoms with E-state index in [1.165, 1.54) is 0 Å². The van der Waals surface area contributed by atoms with Crippen LogP contribution in [0.5, 0.6) is 11.5 Å². The first-order valence-corrected chi connectivity index (χ1v) is 14.1. The minimum Gasteiger partial charge on any atom is -0.496 e. The molecule has 1 unspecified atom stereocenters. The molecule has 0 aromatic heterocycles. The Balaban J connectivity index is 1.60. The Morgan fingerprint density at radius 2 is 1.89 bits per heavy atom. The number of rotatable bonds is 3. The average Bonchev–Trinajstić information content (AvgIpc) is 3.24. The zero-order valence-corrected chi connectivity index (χ0v) is 23.8. The molecule has 6 nitrogen and oxygen atoms in total. The molecule has 6 rings (SSSR count). The predicted molar refractivity (Wildman–Crippen MR) is 147 cm³/mol. The summed E-state index contributed by atoms with van der Waals surface area (Å²) < 4.78 is 13.1. The quantitative estimate of drug-likeness (QED) is 0.542. The summed E-state index contributed by atoms with van der Waals surface area (Å²) in [5, 5.41) is 6.91. The Morgan fingerprint density at radius 1 is 1.16 bits per heavy atom. The van der Waals surface area contributed by atoms with Crippen LogP contribution in [0.1, 0.15) is 80.0 Å². The second-order valence-electron chi connectivity index (χ2n) is 12.5. The van der Waals surface area contributed by atoms with Crippen molar-refractivity contribution < 1.29 is 19.1 Å². The molecule has 0 radical (unpaired) electrons. The number of nitrogens with one attached hydrogen (secondary N) is 2. The van der Waals surface area contributed by atoms with Crippen LogP contribution >= 0.6 is 11.6 Å². The van der Waals surface area contributed by atoms with Gasteiger partial charge in [-0.3, -0.25) is 9.59 Å². The third-order valence-electron chi connectivity index (χ3n) is 10.6. The Hall–Kier alpha value is -2.57. The van der Waals surface area contributed by atoms with Gasteiger partial charge in [-0.15, -0.1) is 0 Å². The molecule has 38 heavy (non-hydrogen) atoms. The molecular weight excluding hydrogens is 500 g/mol. The molecule has 2 aliphatic heterocycles. The van der Waals surface area contributed by atoms with Crippen LogP contribution in [0.15, 0.2) is 30.3 Å². The normalized spacial score (nSPS) is 34.8. The first kappa shape index (κ1) is 25.7. The van der Waals surface area contributed by atoms with E-state index in [-0.39, 0.29) is 29.1 Å².